The maximum absolute atomic E-state index is 11.4. The molecule has 0 spiro atoms. The summed E-state index contributed by atoms with van der Waals surface area (Å²) in [6, 6.07) is 7.03. The van der Waals surface area contributed by atoms with Crippen LogP contribution in [0.15, 0.2) is 35.2 Å². The van der Waals surface area contributed by atoms with E-state index in [9.17, 15) is 10.0 Å². The fraction of sp³-hybridized carbons (Fsp3) is 0.250. The van der Waals surface area contributed by atoms with Crippen LogP contribution in [0.4, 0.5) is 0 Å². The molecule has 0 aliphatic carbocycles. The standard InChI is InChI=1S/C12H11N4O5/c17-12-6-16(18)21-15(12)5-9-1-3-10(4-2-9)19-7-11-13-8-20-14-11/h1-4,8H,5-7H2/q-1. The normalized spacial score (nSPS) is 15.7. The first-order valence-electron chi connectivity index (χ1n) is 6.11. The lowest BCUT2D eigenvalue weighted by Crippen LogP contribution is -2.23. The van der Waals surface area contributed by atoms with E-state index in [1.807, 2.05) is 0 Å². The van der Waals surface area contributed by atoms with Crippen LogP contribution in [0.25, 0.3) is 0 Å². The Morgan fingerprint density at radius 1 is 1.33 bits per heavy atom. The fourth-order valence-electron chi connectivity index (χ4n) is 1.75. The predicted octanol–water partition coefficient (Wildman–Crippen LogP) is 0.637. The molecule has 21 heavy (non-hydrogen) atoms. The molecule has 110 valence electrons. The number of ether oxygens (including phenoxy) is 1. The molecule has 1 aromatic heterocycles. The van der Waals surface area contributed by atoms with E-state index in [0.29, 0.717) is 11.6 Å². The Morgan fingerprint density at radius 3 is 2.76 bits per heavy atom. The van der Waals surface area contributed by atoms with E-state index in [4.69, 9.17) is 9.68 Å². The van der Waals surface area contributed by atoms with Crippen molar-refractivity contribution in [3.8, 4) is 5.75 Å². The molecular formula is C12H11N4O5-. The summed E-state index contributed by atoms with van der Waals surface area (Å²) in [5.41, 5.74) is 0.811. The van der Waals surface area contributed by atoms with Crippen molar-refractivity contribution in [2.24, 2.45) is 0 Å². The van der Waals surface area contributed by atoms with Crippen LogP contribution in [0, 0.1) is 5.21 Å². The summed E-state index contributed by atoms with van der Waals surface area (Å²) in [5, 5.41) is 15.8. The van der Waals surface area contributed by atoms with Crippen molar-refractivity contribution in [3.05, 3.63) is 47.3 Å². The average molecular weight is 291 g/mol. The SMILES string of the molecule is O=C1CN([O-])ON1Cc1ccc(OCc2ncon2)cc1. The zero-order valence-corrected chi connectivity index (χ0v) is 10.8. The number of rotatable bonds is 5. The van der Waals surface area contributed by atoms with E-state index >= 15 is 0 Å². The number of carbonyl (C=O) groups is 1. The van der Waals surface area contributed by atoms with Crippen molar-refractivity contribution in [1.29, 1.82) is 0 Å². The maximum atomic E-state index is 11.4. The van der Waals surface area contributed by atoms with Crippen molar-refractivity contribution in [1.82, 2.24) is 20.4 Å². The van der Waals surface area contributed by atoms with E-state index in [1.54, 1.807) is 24.3 Å². The summed E-state index contributed by atoms with van der Waals surface area (Å²) < 4.78 is 10.1. The smallest absolute Gasteiger partial charge is 0.263 e. The molecule has 9 nitrogen and oxygen atoms in total. The largest absolute Gasteiger partial charge is 0.760 e. The third-order valence-corrected chi connectivity index (χ3v) is 2.76. The van der Waals surface area contributed by atoms with Crippen LogP contribution in [0.5, 0.6) is 5.75 Å². The van der Waals surface area contributed by atoms with Gasteiger partial charge in [-0.15, -0.1) is 0 Å². The summed E-state index contributed by atoms with van der Waals surface area (Å²) in [7, 11) is 0. The summed E-state index contributed by atoms with van der Waals surface area (Å²) in [6.45, 7) is 0.114. The highest BCUT2D eigenvalue weighted by Gasteiger charge is 2.23. The third kappa shape index (κ3) is 3.34. The Morgan fingerprint density at radius 2 is 2.14 bits per heavy atom. The van der Waals surface area contributed by atoms with E-state index in [1.165, 1.54) is 6.39 Å². The van der Waals surface area contributed by atoms with E-state index < -0.39 is 0 Å². The molecule has 1 amide bonds. The van der Waals surface area contributed by atoms with Crippen LogP contribution in [0.3, 0.4) is 0 Å². The number of aromatic nitrogens is 2. The van der Waals surface area contributed by atoms with Gasteiger partial charge in [0.25, 0.3) is 5.91 Å². The minimum Gasteiger partial charge on any atom is -0.760 e. The number of amides is 1. The fourth-order valence-corrected chi connectivity index (χ4v) is 1.75. The maximum Gasteiger partial charge on any atom is 0.263 e. The molecule has 0 bridgehead atoms. The van der Waals surface area contributed by atoms with E-state index in [0.717, 1.165) is 10.6 Å². The van der Waals surface area contributed by atoms with Gasteiger partial charge < -0.3 is 14.5 Å². The van der Waals surface area contributed by atoms with Gasteiger partial charge in [0.2, 0.25) is 12.2 Å². The number of hydrogen-bond donors (Lipinski definition) is 0. The molecule has 1 aromatic carbocycles. The van der Waals surface area contributed by atoms with Crippen molar-refractivity contribution < 1.29 is 19.0 Å². The molecule has 0 unspecified atom stereocenters. The molecule has 0 N–H and O–H groups in total. The van der Waals surface area contributed by atoms with Gasteiger partial charge in [-0.25, -0.2) is 5.23 Å². The first-order chi connectivity index (χ1) is 10.2. The topological polar surface area (TPSA) is 104 Å². The van der Waals surface area contributed by atoms with Crippen molar-refractivity contribution >= 4 is 5.91 Å². The van der Waals surface area contributed by atoms with Crippen LogP contribution in [-0.4, -0.2) is 32.9 Å². The second kappa shape index (κ2) is 5.87. The van der Waals surface area contributed by atoms with Gasteiger partial charge in [0, 0.05) is 0 Å². The second-order valence-electron chi connectivity index (χ2n) is 4.28. The van der Waals surface area contributed by atoms with Gasteiger partial charge >= 0.3 is 0 Å². The average Bonchev–Trinajstić information content (AvgIpc) is 3.08. The lowest BCUT2D eigenvalue weighted by atomic mass is 10.2. The first-order valence-corrected chi connectivity index (χ1v) is 6.11. The third-order valence-electron chi connectivity index (χ3n) is 2.76. The number of benzene rings is 1. The molecule has 1 aliphatic heterocycles. The van der Waals surface area contributed by atoms with Gasteiger partial charge in [-0.05, 0) is 17.7 Å². The number of carbonyl (C=O) groups excluding carboxylic acids is 1. The molecule has 1 aliphatic rings. The van der Waals surface area contributed by atoms with Gasteiger partial charge in [0.1, 0.15) is 5.75 Å². The lowest BCUT2D eigenvalue weighted by Gasteiger charge is -2.19. The Kier molecular flexibility index (Phi) is 3.77. The molecule has 1 fully saturated rings. The van der Waals surface area contributed by atoms with Gasteiger partial charge in [-0.3, -0.25) is 4.79 Å². The summed E-state index contributed by atoms with van der Waals surface area (Å²) >= 11 is 0. The molecule has 1 saturated heterocycles. The molecule has 9 heteroatoms. The number of hydrogen-bond acceptors (Lipinski definition) is 8. The van der Waals surface area contributed by atoms with Crippen LogP contribution in [-0.2, 0) is 22.9 Å². The van der Waals surface area contributed by atoms with Crippen LogP contribution in [0.2, 0.25) is 0 Å². The second-order valence-corrected chi connectivity index (χ2v) is 4.28. The molecule has 0 saturated carbocycles. The Bertz CT molecular complexity index is 601. The molecular weight excluding hydrogens is 280 g/mol. The molecule has 2 heterocycles. The van der Waals surface area contributed by atoms with Gasteiger partial charge in [-0.2, -0.15) is 15.0 Å². The number of nitrogens with zero attached hydrogens (tertiary/aromatic N) is 4. The number of hydroxylamine groups is 4. The molecule has 0 radical (unpaired) electrons. The summed E-state index contributed by atoms with van der Waals surface area (Å²) in [5.74, 6) is 0.704. The van der Waals surface area contributed by atoms with Crippen LogP contribution in [0.1, 0.15) is 11.4 Å². The predicted molar refractivity (Wildman–Crippen MR) is 66.8 cm³/mol. The molecule has 0 atom stereocenters. The quantitative estimate of drug-likeness (QED) is 0.790. The van der Waals surface area contributed by atoms with Crippen molar-refractivity contribution in [3.63, 3.8) is 0 Å². The monoisotopic (exact) mass is 291 g/mol. The zero-order chi connectivity index (χ0) is 14.7. The summed E-state index contributed by atoms with van der Waals surface area (Å²) in [6.07, 6.45) is 1.23. The summed E-state index contributed by atoms with van der Waals surface area (Å²) in [4.78, 5) is 19.9. The van der Waals surface area contributed by atoms with E-state index in [2.05, 4.69) is 14.7 Å². The van der Waals surface area contributed by atoms with E-state index in [-0.39, 0.29) is 30.8 Å². The minimum absolute atomic E-state index is 0.197. The Labute approximate surface area is 119 Å². The highest BCUT2D eigenvalue weighted by atomic mass is 17.0. The molecule has 2 aromatic rings. The zero-order valence-electron chi connectivity index (χ0n) is 10.8. The highest BCUT2D eigenvalue weighted by Crippen LogP contribution is 2.17. The van der Waals surface area contributed by atoms with Gasteiger partial charge in [0.15, 0.2) is 6.61 Å². The van der Waals surface area contributed by atoms with Gasteiger partial charge in [0.05, 0.1) is 13.1 Å². The van der Waals surface area contributed by atoms with Crippen molar-refractivity contribution in [2.75, 3.05) is 6.54 Å². The highest BCUT2D eigenvalue weighted by molar-refractivity contribution is 5.78. The molecule has 3 rings (SSSR count). The van der Waals surface area contributed by atoms with Crippen LogP contribution >= 0.6 is 0 Å². The lowest BCUT2D eigenvalue weighted by molar-refractivity contribution is -0.248. The first kappa shape index (κ1) is 13.5. The van der Waals surface area contributed by atoms with Crippen molar-refractivity contribution in [2.45, 2.75) is 13.2 Å². The van der Waals surface area contributed by atoms with Crippen LogP contribution < -0.4 is 4.74 Å². The van der Waals surface area contributed by atoms with Gasteiger partial charge in [-0.1, -0.05) is 17.3 Å². The Balaban J connectivity index is 1.55. The minimum atomic E-state index is -0.373. The Hall–Kier alpha value is -2.49.